The van der Waals surface area contributed by atoms with E-state index >= 15 is 0 Å². The second-order valence-corrected chi connectivity index (χ2v) is 19.8. The monoisotopic (exact) mass is 924 g/mol. The molecule has 0 saturated carbocycles. The summed E-state index contributed by atoms with van der Waals surface area (Å²) in [6, 6.07) is 76.4. The number of nitrogens with zero attached hydrogens (tertiary/aromatic N) is 4. The molecule has 0 fully saturated rings. The van der Waals surface area contributed by atoms with Gasteiger partial charge in [0.25, 0.3) is 0 Å². The molecule has 0 saturated heterocycles. The molecule has 0 radical (unpaired) electrons. The van der Waals surface area contributed by atoms with E-state index in [-0.39, 0.29) is 0 Å². The van der Waals surface area contributed by atoms with Crippen molar-refractivity contribution < 1.29 is 4.42 Å². The normalized spacial score (nSPS) is 12.8. The number of benzene rings is 10. The van der Waals surface area contributed by atoms with E-state index in [0.29, 0.717) is 23.1 Å². The molecule has 10 aromatic carbocycles. The van der Waals surface area contributed by atoms with Crippen LogP contribution >= 0.6 is 0 Å². The lowest BCUT2D eigenvalue weighted by atomic mass is 9.70. The quantitative estimate of drug-likeness (QED) is 0.143. The summed E-state index contributed by atoms with van der Waals surface area (Å²) in [5, 5.41) is 14.3. The Bertz CT molecular complexity index is 4010. The van der Waals surface area contributed by atoms with E-state index in [1.54, 1.807) is 0 Å². The van der Waals surface area contributed by atoms with Crippen LogP contribution in [0.1, 0.15) is 78.5 Å². The molecule has 2 aliphatic carbocycles. The third-order valence-corrected chi connectivity index (χ3v) is 15.3. The first-order valence-electron chi connectivity index (χ1n) is 24.8. The fourth-order valence-electron chi connectivity index (χ4n) is 11.9. The van der Waals surface area contributed by atoms with E-state index in [1.165, 1.54) is 50.1 Å². The number of anilines is 6. The molecule has 0 unspecified atom stereocenters. The van der Waals surface area contributed by atoms with E-state index in [4.69, 9.17) is 11.0 Å². The Kier molecular flexibility index (Phi) is 9.82. The largest absolute Gasteiger partial charge is 0.454 e. The maximum absolute atomic E-state index is 9.99. The van der Waals surface area contributed by atoms with Gasteiger partial charge in [-0.1, -0.05) is 155 Å². The van der Waals surface area contributed by atoms with E-state index in [0.717, 1.165) is 72.4 Å². The van der Waals surface area contributed by atoms with Gasteiger partial charge in [-0.05, 0) is 152 Å². The molecule has 0 bridgehead atoms. The van der Waals surface area contributed by atoms with Crippen molar-refractivity contribution in [1.29, 1.82) is 5.26 Å². The molecule has 0 N–H and O–H groups in total. The van der Waals surface area contributed by atoms with Crippen molar-refractivity contribution >= 4 is 72.5 Å². The van der Waals surface area contributed by atoms with Crippen LogP contribution in [0.3, 0.4) is 0 Å². The summed E-state index contributed by atoms with van der Waals surface area (Å²) in [7, 11) is 0. The molecule has 72 heavy (non-hydrogen) atoms. The highest BCUT2D eigenvalue weighted by Gasteiger charge is 2.54. The summed E-state index contributed by atoms with van der Waals surface area (Å²) in [6.45, 7) is 16.8. The summed E-state index contributed by atoms with van der Waals surface area (Å²) < 4.78 is 7.26. The van der Waals surface area contributed by atoms with Crippen LogP contribution < -0.4 is 9.80 Å². The first-order chi connectivity index (χ1) is 35.3. The van der Waals surface area contributed by atoms with Gasteiger partial charge in [-0.15, -0.1) is 0 Å². The maximum atomic E-state index is 9.99. The first-order valence-corrected chi connectivity index (χ1v) is 24.8. The van der Waals surface area contributed by atoms with Gasteiger partial charge < -0.3 is 14.2 Å². The second kappa shape index (κ2) is 16.5. The van der Waals surface area contributed by atoms with Gasteiger partial charge in [-0.2, -0.15) is 5.26 Å². The smallest absolute Gasteiger partial charge is 0.187 e. The Labute approximate surface area is 419 Å². The Morgan fingerprint density at radius 3 is 1.50 bits per heavy atom. The van der Waals surface area contributed by atoms with Crippen LogP contribution in [0.15, 0.2) is 211 Å². The molecule has 1 spiro atoms. The summed E-state index contributed by atoms with van der Waals surface area (Å²) in [4.78, 5) is 8.48. The molecular formula is C67H48N4O. The zero-order valence-corrected chi connectivity index (χ0v) is 40.5. The van der Waals surface area contributed by atoms with Gasteiger partial charge >= 0.3 is 0 Å². The Hall–Kier alpha value is -9.16. The van der Waals surface area contributed by atoms with Crippen molar-refractivity contribution in [3.05, 3.63) is 257 Å². The van der Waals surface area contributed by atoms with Crippen molar-refractivity contribution in [3.8, 4) is 28.3 Å². The first kappa shape index (κ1) is 42.9. The number of hydrogen-bond donors (Lipinski definition) is 0. The zero-order valence-electron chi connectivity index (χ0n) is 40.5. The topological polar surface area (TPSA) is 47.8 Å². The predicted octanol–water partition coefficient (Wildman–Crippen LogP) is 18.7. The average Bonchev–Trinajstić information content (AvgIpc) is 4.08. The SMILES string of the molecule is [C-]#[N+]c1ccc(N(c2ccc(C(C)C)cc2)c2cc3c(c4ccccc24)-c2c(cc(N(c4ccc(C#N)cc4)c4ccc(C(C)C)cc4)c4oc5ccccc5c24)C32c3ccccc3-c3ccccc32)cc1. The third-order valence-electron chi connectivity index (χ3n) is 15.3. The Morgan fingerprint density at radius 1 is 0.486 bits per heavy atom. The molecular weight excluding hydrogens is 877 g/mol. The van der Waals surface area contributed by atoms with Crippen LogP contribution in [0.5, 0.6) is 0 Å². The minimum Gasteiger partial charge on any atom is -0.454 e. The van der Waals surface area contributed by atoms with Gasteiger partial charge in [0.05, 0.1) is 35.0 Å². The highest BCUT2D eigenvalue weighted by molar-refractivity contribution is 6.24. The number of nitriles is 1. The highest BCUT2D eigenvalue weighted by atomic mass is 16.3. The number of rotatable bonds is 8. The zero-order chi connectivity index (χ0) is 48.8. The average molecular weight is 925 g/mol. The van der Waals surface area contributed by atoms with Gasteiger partial charge in [-0.3, -0.25) is 0 Å². The summed E-state index contributed by atoms with van der Waals surface area (Å²) in [6.07, 6.45) is 0. The van der Waals surface area contributed by atoms with Gasteiger partial charge in [0, 0.05) is 38.9 Å². The summed E-state index contributed by atoms with van der Waals surface area (Å²) >= 11 is 0. The molecule has 13 rings (SSSR count). The minimum atomic E-state index is -0.781. The Balaban J connectivity index is 1.21. The van der Waals surface area contributed by atoms with Gasteiger partial charge in [0.15, 0.2) is 11.3 Å². The van der Waals surface area contributed by atoms with Crippen molar-refractivity contribution in [2.75, 3.05) is 9.80 Å². The fraction of sp³-hybridized carbons (Fsp3) is 0.104. The number of furan rings is 1. The lowest BCUT2D eigenvalue weighted by Gasteiger charge is -2.34. The predicted molar refractivity (Wildman–Crippen MR) is 296 cm³/mol. The van der Waals surface area contributed by atoms with Crippen molar-refractivity contribution in [1.82, 2.24) is 0 Å². The highest BCUT2D eigenvalue weighted by Crippen LogP contribution is 2.67. The number of fused-ring (bicyclic) bond motifs is 16. The van der Waals surface area contributed by atoms with E-state index in [1.807, 2.05) is 36.4 Å². The van der Waals surface area contributed by atoms with Gasteiger partial charge in [0.2, 0.25) is 0 Å². The molecule has 2 aliphatic rings. The molecule has 1 heterocycles. The van der Waals surface area contributed by atoms with Crippen LogP contribution in [0.25, 0.3) is 59.8 Å². The van der Waals surface area contributed by atoms with E-state index in [2.05, 4.69) is 218 Å². The van der Waals surface area contributed by atoms with Crippen LogP contribution in [0, 0.1) is 17.9 Å². The fourth-order valence-corrected chi connectivity index (χ4v) is 11.9. The molecule has 0 atom stereocenters. The summed E-state index contributed by atoms with van der Waals surface area (Å²) in [5.74, 6) is 0.735. The number of para-hydroxylation sites is 1. The van der Waals surface area contributed by atoms with Crippen molar-refractivity contribution in [3.63, 3.8) is 0 Å². The van der Waals surface area contributed by atoms with Crippen molar-refractivity contribution in [2.45, 2.75) is 44.9 Å². The van der Waals surface area contributed by atoms with Crippen LogP contribution in [0.2, 0.25) is 0 Å². The second-order valence-electron chi connectivity index (χ2n) is 19.8. The Morgan fingerprint density at radius 2 is 0.944 bits per heavy atom. The standard InChI is InChI=1S/C67H48N4O/c1-41(2)44-24-32-48(33-25-44)70(50-36-28-46(69-5)29-37-50)60-38-58-63(54-17-7-6-16-53(54)60)65-59(67(58)56-19-11-8-14-51(56)52-15-9-12-20-57(52)67)39-61(66-64(65)55-18-10-13-21-62(55)72-66)71(47-30-22-43(40-68)23-31-47)49-34-26-45(27-35-49)42(3)4/h6-39,41-42H,1-4H3. The molecule has 5 heteroatoms. The number of hydrogen-bond acceptors (Lipinski definition) is 4. The lowest BCUT2D eigenvalue weighted by Crippen LogP contribution is -2.26. The summed E-state index contributed by atoms with van der Waals surface area (Å²) in [5.41, 5.74) is 20.0. The van der Waals surface area contributed by atoms with Gasteiger partial charge in [-0.25, -0.2) is 4.85 Å². The molecule has 11 aromatic rings. The van der Waals surface area contributed by atoms with E-state index in [9.17, 15) is 5.26 Å². The minimum absolute atomic E-state index is 0.360. The van der Waals surface area contributed by atoms with Crippen molar-refractivity contribution in [2.24, 2.45) is 0 Å². The molecule has 0 amide bonds. The molecule has 342 valence electrons. The van der Waals surface area contributed by atoms with E-state index < -0.39 is 5.41 Å². The van der Waals surface area contributed by atoms with Gasteiger partial charge in [0.1, 0.15) is 5.58 Å². The molecule has 5 nitrogen and oxygen atoms in total. The van der Waals surface area contributed by atoms with Crippen LogP contribution in [0.4, 0.5) is 39.8 Å². The third kappa shape index (κ3) is 6.24. The lowest BCUT2D eigenvalue weighted by molar-refractivity contribution is 0.668. The maximum Gasteiger partial charge on any atom is 0.187 e. The molecule has 1 aromatic heterocycles. The molecule has 0 aliphatic heterocycles. The van der Waals surface area contributed by atoms with Crippen LogP contribution in [-0.2, 0) is 5.41 Å². The van der Waals surface area contributed by atoms with Crippen LogP contribution in [-0.4, -0.2) is 0 Å².